The molecule has 2 aromatic carbocycles. The van der Waals surface area contributed by atoms with Crippen molar-refractivity contribution in [2.24, 2.45) is 0 Å². The summed E-state index contributed by atoms with van der Waals surface area (Å²) < 4.78 is 36.0. The van der Waals surface area contributed by atoms with Gasteiger partial charge < -0.3 is 19.3 Å². The van der Waals surface area contributed by atoms with E-state index in [4.69, 9.17) is 14.5 Å². The summed E-state index contributed by atoms with van der Waals surface area (Å²) in [6.45, 7) is 0.593. The zero-order valence-electron chi connectivity index (χ0n) is 19.8. The van der Waals surface area contributed by atoms with Crippen LogP contribution in [-0.4, -0.2) is 63.5 Å². The highest BCUT2D eigenvalue weighted by molar-refractivity contribution is 7.90. The molecule has 0 radical (unpaired) electrons. The molecule has 0 spiro atoms. The number of carbonyl (C=O) groups excluding carboxylic acids is 1. The lowest BCUT2D eigenvalue weighted by Gasteiger charge is -2.22. The van der Waals surface area contributed by atoms with E-state index in [-0.39, 0.29) is 24.0 Å². The largest absolute Gasteiger partial charge is 0.497 e. The van der Waals surface area contributed by atoms with E-state index in [1.54, 1.807) is 21.2 Å². The van der Waals surface area contributed by atoms with Crippen LogP contribution in [-0.2, 0) is 32.6 Å². The lowest BCUT2D eigenvalue weighted by molar-refractivity contribution is -0.130. The third-order valence-electron chi connectivity index (χ3n) is 6.21. The lowest BCUT2D eigenvalue weighted by atomic mass is 10.1. The number of hydrogen-bond donors (Lipinski definition) is 0. The number of sulfone groups is 1. The van der Waals surface area contributed by atoms with E-state index >= 15 is 0 Å². The third-order valence-corrected chi connectivity index (χ3v) is 7.65. The third kappa shape index (κ3) is 4.53. The average Bonchev–Trinajstić information content (AvgIpc) is 3.40. The summed E-state index contributed by atoms with van der Waals surface area (Å²) in [5.74, 6) is 2.03. The summed E-state index contributed by atoms with van der Waals surface area (Å²) in [6, 6.07) is 13.1. The first-order valence-electron chi connectivity index (χ1n) is 11.2. The van der Waals surface area contributed by atoms with Gasteiger partial charge in [0.1, 0.15) is 17.3 Å². The highest BCUT2D eigenvalue weighted by Gasteiger charge is 2.34. The summed E-state index contributed by atoms with van der Waals surface area (Å²) in [6.07, 6.45) is 0.787. The van der Waals surface area contributed by atoms with Crippen LogP contribution in [0.15, 0.2) is 42.5 Å². The van der Waals surface area contributed by atoms with Crippen LogP contribution in [0.1, 0.15) is 16.8 Å². The maximum absolute atomic E-state index is 12.5. The van der Waals surface area contributed by atoms with E-state index in [0.29, 0.717) is 40.9 Å². The summed E-state index contributed by atoms with van der Waals surface area (Å²) >= 11 is 0. The van der Waals surface area contributed by atoms with Crippen molar-refractivity contribution >= 4 is 27.2 Å². The highest BCUT2D eigenvalue weighted by Crippen LogP contribution is 2.41. The molecule has 2 aliphatic rings. The molecule has 3 heterocycles. The molecule has 0 N–H and O–H groups in total. The Morgan fingerprint density at radius 1 is 1.06 bits per heavy atom. The number of methoxy groups -OCH3 is 1. The Labute approximate surface area is 204 Å². The van der Waals surface area contributed by atoms with Crippen LogP contribution < -0.4 is 14.4 Å². The number of carbonyl (C=O) groups is 1. The summed E-state index contributed by atoms with van der Waals surface area (Å²) in [5, 5.41) is 0. The fourth-order valence-electron chi connectivity index (χ4n) is 4.30. The van der Waals surface area contributed by atoms with Crippen molar-refractivity contribution in [3.8, 4) is 22.9 Å². The number of amides is 1. The first-order valence-corrected chi connectivity index (χ1v) is 13.0. The van der Waals surface area contributed by atoms with Crippen molar-refractivity contribution in [1.82, 2.24) is 14.9 Å². The van der Waals surface area contributed by atoms with Crippen LogP contribution in [0, 0.1) is 0 Å². The number of rotatable bonds is 6. The van der Waals surface area contributed by atoms with Gasteiger partial charge in [0.15, 0.2) is 22.3 Å². The molecule has 2 aliphatic heterocycles. The molecule has 1 amide bonds. The normalized spacial score (nSPS) is 15.5. The number of anilines is 2. The number of likely N-dealkylation sites (N-methyl/N-ethyl adjacent to an activating group) is 1. The second-order valence-electron chi connectivity index (χ2n) is 8.83. The Morgan fingerprint density at radius 2 is 1.80 bits per heavy atom. The molecular formula is C25H26N4O5S. The second kappa shape index (κ2) is 8.84. The van der Waals surface area contributed by atoms with Gasteiger partial charge in [0.2, 0.25) is 0 Å². The monoisotopic (exact) mass is 494 g/mol. The molecule has 10 heteroatoms. The Balaban J connectivity index is 1.54. The second-order valence-corrected chi connectivity index (χ2v) is 10.9. The Bertz CT molecular complexity index is 1400. The van der Waals surface area contributed by atoms with E-state index in [9.17, 15) is 13.2 Å². The zero-order valence-corrected chi connectivity index (χ0v) is 20.6. The molecule has 0 atom stereocenters. The molecule has 0 aliphatic carbocycles. The highest BCUT2D eigenvalue weighted by atomic mass is 32.2. The summed E-state index contributed by atoms with van der Waals surface area (Å²) in [5.41, 5.74) is 3.96. The van der Waals surface area contributed by atoms with Gasteiger partial charge in [0.05, 0.1) is 24.3 Å². The quantitative estimate of drug-likeness (QED) is 0.516. The van der Waals surface area contributed by atoms with Gasteiger partial charge in [-0.2, -0.15) is 0 Å². The van der Waals surface area contributed by atoms with Gasteiger partial charge in [-0.25, -0.2) is 18.4 Å². The predicted octanol–water partition coefficient (Wildman–Crippen LogP) is 2.74. The van der Waals surface area contributed by atoms with Crippen molar-refractivity contribution in [2.45, 2.75) is 17.9 Å². The average molecular weight is 495 g/mol. The molecule has 1 aromatic heterocycles. The summed E-state index contributed by atoms with van der Waals surface area (Å²) in [4.78, 5) is 24.9. The van der Waals surface area contributed by atoms with E-state index in [1.807, 2.05) is 47.4 Å². The summed E-state index contributed by atoms with van der Waals surface area (Å²) in [7, 11) is 1.67. The molecular weight excluding hydrogens is 468 g/mol. The fourth-order valence-corrected chi connectivity index (χ4v) is 5.79. The fraction of sp³-hybridized carbons (Fsp3) is 0.320. The van der Waals surface area contributed by atoms with E-state index in [1.165, 1.54) is 4.90 Å². The minimum Gasteiger partial charge on any atom is -0.497 e. The predicted molar refractivity (Wildman–Crippen MR) is 132 cm³/mol. The molecule has 0 fully saturated rings. The van der Waals surface area contributed by atoms with Gasteiger partial charge in [0.25, 0.3) is 5.91 Å². The zero-order chi connectivity index (χ0) is 24.7. The number of hydrogen-bond acceptors (Lipinski definition) is 8. The van der Waals surface area contributed by atoms with Crippen molar-refractivity contribution in [1.29, 1.82) is 0 Å². The van der Waals surface area contributed by atoms with E-state index in [0.717, 1.165) is 23.2 Å². The Hall–Kier alpha value is -3.66. The van der Waals surface area contributed by atoms with Gasteiger partial charge in [-0.1, -0.05) is 6.07 Å². The van der Waals surface area contributed by atoms with E-state index in [2.05, 4.69) is 4.98 Å². The SMILES string of the molecule is COc1ccc(-c2nc3c(c(N4CCc5ccc(OCC(=O)N(C)C)cc54)n2)CS(=O)(=O)C3)cc1. The standard InChI is InChI=1S/C25H26N4O5S/c1-28(2)23(30)13-34-19-9-4-16-10-11-29(22(16)12-19)25-20-14-35(31,32)15-21(20)26-24(27-25)17-5-7-18(33-3)8-6-17/h4-9,12H,10-11,13-15H2,1-3H3. The lowest BCUT2D eigenvalue weighted by Crippen LogP contribution is -2.27. The van der Waals surface area contributed by atoms with E-state index < -0.39 is 9.84 Å². The minimum atomic E-state index is -3.29. The molecule has 3 aromatic rings. The van der Waals surface area contributed by atoms with Crippen LogP contribution in [0.25, 0.3) is 11.4 Å². The molecule has 182 valence electrons. The first kappa shape index (κ1) is 23.1. The maximum atomic E-state index is 12.5. The van der Waals surface area contributed by atoms with Gasteiger partial charge in [-0.3, -0.25) is 4.79 Å². The van der Waals surface area contributed by atoms with Crippen molar-refractivity contribution < 1.29 is 22.7 Å². The van der Waals surface area contributed by atoms with Gasteiger partial charge in [0, 0.05) is 43.5 Å². The van der Waals surface area contributed by atoms with Gasteiger partial charge in [-0.05, 0) is 42.3 Å². The van der Waals surface area contributed by atoms with Crippen LogP contribution in [0.2, 0.25) is 0 Å². The number of ether oxygens (including phenoxy) is 2. The van der Waals surface area contributed by atoms with Crippen LogP contribution in [0.4, 0.5) is 11.5 Å². The van der Waals surface area contributed by atoms with Crippen molar-refractivity contribution in [3.05, 3.63) is 59.3 Å². The topological polar surface area (TPSA) is 102 Å². The molecule has 5 rings (SSSR count). The first-order chi connectivity index (χ1) is 16.7. The van der Waals surface area contributed by atoms with Crippen molar-refractivity contribution in [3.63, 3.8) is 0 Å². The smallest absolute Gasteiger partial charge is 0.259 e. The van der Waals surface area contributed by atoms with Crippen LogP contribution >= 0.6 is 0 Å². The molecule has 0 bridgehead atoms. The van der Waals surface area contributed by atoms with Crippen LogP contribution in [0.3, 0.4) is 0 Å². The van der Waals surface area contributed by atoms with Gasteiger partial charge in [-0.15, -0.1) is 0 Å². The number of fused-ring (bicyclic) bond motifs is 2. The minimum absolute atomic E-state index is 0.0610. The number of nitrogens with zero attached hydrogens (tertiary/aromatic N) is 4. The Morgan fingerprint density at radius 3 is 2.51 bits per heavy atom. The number of aromatic nitrogens is 2. The molecule has 9 nitrogen and oxygen atoms in total. The Kier molecular flexibility index (Phi) is 5.84. The molecule has 0 unspecified atom stereocenters. The van der Waals surface area contributed by atoms with Crippen LogP contribution in [0.5, 0.6) is 11.5 Å². The molecule has 0 saturated heterocycles. The molecule has 0 saturated carbocycles. The number of benzene rings is 2. The molecule has 35 heavy (non-hydrogen) atoms. The van der Waals surface area contributed by atoms with Gasteiger partial charge >= 0.3 is 0 Å². The maximum Gasteiger partial charge on any atom is 0.259 e. The van der Waals surface area contributed by atoms with Crippen molar-refractivity contribution in [2.75, 3.05) is 39.3 Å².